The van der Waals surface area contributed by atoms with Crippen molar-refractivity contribution in [2.45, 2.75) is 19.8 Å². The Hall–Kier alpha value is -1.10. The molecule has 0 aliphatic heterocycles. The number of benzene rings is 1. The van der Waals surface area contributed by atoms with Gasteiger partial charge in [0.15, 0.2) is 6.29 Å². The van der Waals surface area contributed by atoms with E-state index in [4.69, 9.17) is 14.2 Å². The molecule has 0 amide bonds. The predicted octanol–water partition coefficient (Wildman–Crippen LogP) is 1.71. The summed E-state index contributed by atoms with van der Waals surface area (Å²) in [5, 5.41) is 3.28. The van der Waals surface area contributed by atoms with Gasteiger partial charge < -0.3 is 19.5 Å². The molecule has 0 heterocycles. The van der Waals surface area contributed by atoms with Crippen molar-refractivity contribution in [3.05, 3.63) is 29.3 Å². The van der Waals surface area contributed by atoms with Gasteiger partial charge in [-0.05, 0) is 13.0 Å². The number of hydrogen-bond acceptors (Lipinski definition) is 4. The van der Waals surface area contributed by atoms with Crippen LogP contribution in [0, 0.1) is 6.92 Å². The third-order valence-electron chi connectivity index (χ3n) is 2.59. The van der Waals surface area contributed by atoms with E-state index in [-0.39, 0.29) is 6.29 Å². The van der Waals surface area contributed by atoms with Crippen molar-refractivity contribution in [1.29, 1.82) is 0 Å². The standard InChI is InChI=1S/C13H21NO3/c1-10-5-6-12(15-2)11(7-10)8-14-9-13(16-3)17-4/h5-7,13-14H,8-9H2,1-4H3. The largest absolute Gasteiger partial charge is 0.496 e. The summed E-state index contributed by atoms with van der Waals surface area (Å²) in [7, 11) is 4.94. The zero-order chi connectivity index (χ0) is 12.7. The van der Waals surface area contributed by atoms with Crippen molar-refractivity contribution in [2.24, 2.45) is 0 Å². The van der Waals surface area contributed by atoms with Gasteiger partial charge in [-0.25, -0.2) is 0 Å². The molecule has 1 rings (SSSR count). The Bertz CT molecular complexity index is 337. The van der Waals surface area contributed by atoms with E-state index in [1.54, 1.807) is 21.3 Å². The van der Waals surface area contributed by atoms with E-state index >= 15 is 0 Å². The van der Waals surface area contributed by atoms with Crippen LogP contribution < -0.4 is 10.1 Å². The van der Waals surface area contributed by atoms with Crippen LogP contribution in [0.3, 0.4) is 0 Å². The summed E-state index contributed by atoms with van der Waals surface area (Å²) in [5.74, 6) is 0.898. The fraction of sp³-hybridized carbons (Fsp3) is 0.538. The van der Waals surface area contributed by atoms with Crippen LogP contribution in [0.25, 0.3) is 0 Å². The first kappa shape index (κ1) is 14.0. The lowest BCUT2D eigenvalue weighted by Crippen LogP contribution is -2.29. The van der Waals surface area contributed by atoms with E-state index < -0.39 is 0 Å². The maximum Gasteiger partial charge on any atom is 0.169 e. The lowest BCUT2D eigenvalue weighted by atomic mass is 10.1. The second-order valence-electron chi connectivity index (χ2n) is 3.85. The van der Waals surface area contributed by atoms with E-state index in [1.165, 1.54) is 5.56 Å². The Morgan fingerprint density at radius 2 is 1.88 bits per heavy atom. The first-order valence-corrected chi connectivity index (χ1v) is 5.61. The van der Waals surface area contributed by atoms with Gasteiger partial charge in [0, 0.05) is 32.9 Å². The van der Waals surface area contributed by atoms with Crippen LogP contribution in [0.1, 0.15) is 11.1 Å². The molecule has 0 aliphatic carbocycles. The average molecular weight is 239 g/mol. The number of ether oxygens (including phenoxy) is 3. The zero-order valence-corrected chi connectivity index (χ0v) is 10.9. The third-order valence-corrected chi connectivity index (χ3v) is 2.59. The summed E-state index contributed by atoms with van der Waals surface area (Å²) in [6, 6.07) is 6.13. The first-order valence-electron chi connectivity index (χ1n) is 5.61. The van der Waals surface area contributed by atoms with Gasteiger partial charge in [0.2, 0.25) is 0 Å². The summed E-state index contributed by atoms with van der Waals surface area (Å²) in [4.78, 5) is 0. The highest BCUT2D eigenvalue weighted by atomic mass is 16.7. The summed E-state index contributed by atoms with van der Waals surface area (Å²) in [5.41, 5.74) is 2.36. The molecule has 4 nitrogen and oxygen atoms in total. The molecule has 96 valence electrons. The molecule has 1 aromatic rings. The Balaban J connectivity index is 2.53. The fourth-order valence-electron chi connectivity index (χ4n) is 1.63. The molecule has 0 bridgehead atoms. The minimum atomic E-state index is -0.217. The summed E-state index contributed by atoms with van der Waals surface area (Å²) < 4.78 is 15.5. The molecule has 0 fully saturated rings. The molecule has 0 atom stereocenters. The van der Waals surface area contributed by atoms with E-state index in [0.29, 0.717) is 6.54 Å². The molecule has 0 saturated carbocycles. The topological polar surface area (TPSA) is 39.7 Å². The molecule has 0 aliphatic rings. The van der Waals surface area contributed by atoms with Gasteiger partial charge in [-0.1, -0.05) is 17.7 Å². The highest BCUT2D eigenvalue weighted by molar-refractivity contribution is 5.36. The van der Waals surface area contributed by atoms with Crippen LogP contribution in [0.2, 0.25) is 0 Å². The van der Waals surface area contributed by atoms with Crippen molar-refractivity contribution in [2.75, 3.05) is 27.9 Å². The Morgan fingerprint density at radius 1 is 1.18 bits per heavy atom. The van der Waals surface area contributed by atoms with Crippen molar-refractivity contribution in [3.8, 4) is 5.75 Å². The van der Waals surface area contributed by atoms with Crippen molar-refractivity contribution in [3.63, 3.8) is 0 Å². The first-order chi connectivity index (χ1) is 8.21. The maximum absolute atomic E-state index is 5.31. The fourth-order valence-corrected chi connectivity index (χ4v) is 1.63. The predicted molar refractivity (Wildman–Crippen MR) is 67.2 cm³/mol. The van der Waals surface area contributed by atoms with Gasteiger partial charge in [0.1, 0.15) is 5.75 Å². The smallest absolute Gasteiger partial charge is 0.169 e. The summed E-state index contributed by atoms with van der Waals surface area (Å²) in [6.45, 7) is 3.44. The minimum absolute atomic E-state index is 0.217. The average Bonchev–Trinajstić information content (AvgIpc) is 2.35. The van der Waals surface area contributed by atoms with E-state index in [2.05, 4.69) is 18.3 Å². The van der Waals surface area contributed by atoms with Gasteiger partial charge >= 0.3 is 0 Å². The number of methoxy groups -OCH3 is 3. The molecule has 1 aromatic carbocycles. The van der Waals surface area contributed by atoms with Gasteiger partial charge in [-0.3, -0.25) is 0 Å². The molecule has 0 saturated heterocycles. The normalized spacial score (nSPS) is 10.9. The number of aryl methyl sites for hydroxylation is 1. The molecular formula is C13H21NO3. The Labute approximate surface area is 103 Å². The van der Waals surface area contributed by atoms with Crippen molar-refractivity contribution < 1.29 is 14.2 Å². The molecule has 0 unspecified atom stereocenters. The van der Waals surface area contributed by atoms with E-state index in [9.17, 15) is 0 Å². The van der Waals surface area contributed by atoms with E-state index in [0.717, 1.165) is 17.9 Å². The summed E-state index contributed by atoms with van der Waals surface area (Å²) in [6.07, 6.45) is -0.217. The van der Waals surface area contributed by atoms with E-state index in [1.807, 2.05) is 12.1 Å². The van der Waals surface area contributed by atoms with Crippen LogP contribution >= 0.6 is 0 Å². The second-order valence-corrected chi connectivity index (χ2v) is 3.85. The number of hydrogen-bond donors (Lipinski definition) is 1. The minimum Gasteiger partial charge on any atom is -0.496 e. The Kier molecular flexibility index (Phi) is 5.97. The van der Waals surface area contributed by atoms with Crippen LogP contribution in [0.4, 0.5) is 0 Å². The molecule has 4 heteroatoms. The highest BCUT2D eigenvalue weighted by Crippen LogP contribution is 2.19. The molecular weight excluding hydrogens is 218 g/mol. The lowest BCUT2D eigenvalue weighted by molar-refractivity contribution is -0.0989. The molecule has 0 spiro atoms. The van der Waals surface area contributed by atoms with Crippen LogP contribution in [0.5, 0.6) is 5.75 Å². The van der Waals surface area contributed by atoms with Crippen LogP contribution in [-0.4, -0.2) is 34.2 Å². The SMILES string of the molecule is COc1ccc(C)cc1CNCC(OC)OC. The number of nitrogens with one attached hydrogen (secondary N) is 1. The van der Waals surface area contributed by atoms with Gasteiger partial charge in [0.25, 0.3) is 0 Å². The van der Waals surface area contributed by atoms with Gasteiger partial charge in [-0.15, -0.1) is 0 Å². The van der Waals surface area contributed by atoms with Gasteiger partial charge in [-0.2, -0.15) is 0 Å². The molecule has 1 N–H and O–H groups in total. The maximum atomic E-state index is 5.31. The Morgan fingerprint density at radius 3 is 2.47 bits per heavy atom. The molecule has 0 radical (unpaired) electrons. The third kappa shape index (κ3) is 4.34. The van der Waals surface area contributed by atoms with Crippen LogP contribution in [0.15, 0.2) is 18.2 Å². The molecule has 17 heavy (non-hydrogen) atoms. The van der Waals surface area contributed by atoms with Crippen LogP contribution in [-0.2, 0) is 16.0 Å². The quantitative estimate of drug-likeness (QED) is 0.735. The lowest BCUT2D eigenvalue weighted by Gasteiger charge is -2.15. The zero-order valence-electron chi connectivity index (χ0n) is 10.9. The number of rotatable bonds is 7. The monoisotopic (exact) mass is 239 g/mol. The second kappa shape index (κ2) is 7.27. The van der Waals surface area contributed by atoms with Crippen molar-refractivity contribution >= 4 is 0 Å². The van der Waals surface area contributed by atoms with Gasteiger partial charge in [0.05, 0.1) is 7.11 Å². The highest BCUT2D eigenvalue weighted by Gasteiger charge is 2.06. The molecule has 0 aromatic heterocycles. The summed E-state index contributed by atoms with van der Waals surface area (Å²) >= 11 is 0. The van der Waals surface area contributed by atoms with Crippen molar-refractivity contribution in [1.82, 2.24) is 5.32 Å².